The number of nitrogens with zero attached hydrogens (tertiary/aromatic N) is 2. The minimum absolute atomic E-state index is 0.0689. The van der Waals surface area contributed by atoms with E-state index >= 15 is 0 Å². The second kappa shape index (κ2) is 9.23. The van der Waals surface area contributed by atoms with Crippen molar-refractivity contribution < 1.29 is 19.5 Å². The number of aromatic nitrogens is 1. The van der Waals surface area contributed by atoms with Crippen LogP contribution in [0.15, 0.2) is 65.8 Å². The molecule has 1 aliphatic rings. The molecule has 3 aromatic rings. The molecule has 0 saturated carbocycles. The Kier molecular flexibility index (Phi) is 6.21. The predicted octanol–water partition coefficient (Wildman–Crippen LogP) is 4.59. The summed E-state index contributed by atoms with van der Waals surface area (Å²) in [6, 6.07) is 11.8. The number of phenolic OH excluding ortho intramolecular Hbond substituents is 1. The number of hydrogen-bond acceptors (Lipinski definition) is 5. The van der Waals surface area contributed by atoms with Crippen LogP contribution in [-0.2, 0) is 4.79 Å². The summed E-state index contributed by atoms with van der Waals surface area (Å²) in [6.45, 7) is 0. The Morgan fingerprint density at radius 1 is 0.909 bits per heavy atom. The molecule has 8 nitrogen and oxygen atoms in total. The van der Waals surface area contributed by atoms with Crippen molar-refractivity contribution in [3.8, 4) is 5.75 Å². The molecule has 1 aromatic heterocycles. The maximum absolute atomic E-state index is 12.8. The van der Waals surface area contributed by atoms with E-state index < -0.39 is 11.8 Å². The van der Waals surface area contributed by atoms with E-state index in [2.05, 4.69) is 20.6 Å². The third-order valence-electron chi connectivity index (χ3n) is 4.66. The zero-order chi connectivity index (χ0) is 23.5. The number of amides is 3. The molecule has 0 bridgehead atoms. The molecule has 2 aromatic carbocycles. The van der Waals surface area contributed by atoms with Crippen LogP contribution in [0, 0.1) is 0 Å². The Labute approximate surface area is 197 Å². The van der Waals surface area contributed by atoms with Gasteiger partial charge in [0.25, 0.3) is 17.7 Å². The van der Waals surface area contributed by atoms with E-state index in [-0.39, 0.29) is 39.3 Å². The topological polar surface area (TPSA) is 121 Å². The van der Waals surface area contributed by atoms with Crippen LogP contribution in [0.5, 0.6) is 5.75 Å². The summed E-state index contributed by atoms with van der Waals surface area (Å²) >= 11 is 11.8. The van der Waals surface area contributed by atoms with Gasteiger partial charge in [-0.2, -0.15) is 0 Å². The van der Waals surface area contributed by atoms with Gasteiger partial charge >= 0.3 is 0 Å². The number of nitrogens with one attached hydrogen (secondary N) is 2. The van der Waals surface area contributed by atoms with Crippen molar-refractivity contribution in [2.24, 2.45) is 4.99 Å². The smallest absolute Gasteiger partial charge is 0.277 e. The summed E-state index contributed by atoms with van der Waals surface area (Å²) < 4.78 is 0. The van der Waals surface area contributed by atoms with E-state index in [0.717, 1.165) is 0 Å². The Morgan fingerprint density at radius 2 is 1.67 bits per heavy atom. The van der Waals surface area contributed by atoms with Gasteiger partial charge in [0.15, 0.2) is 0 Å². The fraction of sp³-hybridized carbons (Fsp3) is 0. The van der Waals surface area contributed by atoms with Crippen molar-refractivity contribution in [2.75, 3.05) is 10.6 Å². The van der Waals surface area contributed by atoms with E-state index in [4.69, 9.17) is 23.2 Å². The molecular weight excluding hydrogens is 467 g/mol. The molecule has 164 valence electrons. The number of allylic oxidation sites excluding steroid dienone is 1. The number of aromatic hydroxyl groups is 1. The van der Waals surface area contributed by atoms with Gasteiger partial charge in [0.05, 0.1) is 21.8 Å². The maximum Gasteiger partial charge on any atom is 0.277 e. The minimum Gasteiger partial charge on any atom is -0.506 e. The predicted molar refractivity (Wildman–Crippen MR) is 126 cm³/mol. The first-order valence-electron chi connectivity index (χ1n) is 9.47. The van der Waals surface area contributed by atoms with Crippen LogP contribution in [0.3, 0.4) is 0 Å². The number of phenols is 1. The Morgan fingerprint density at radius 3 is 2.30 bits per heavy atom. The Bertz CT molecular complexity index is 1330. The lowest BCUT2D eigenvalue weighted by atomic mass is 10.0. The molecule has 3 N–H and O–H groups in total. The lowest BCUT2D eigenvalue weighted by Gasteiger charge is -2.14. The van der Waals surface area contributed by atoms with E-state index in [0.29, 0.717) is 16.2 Å². The van der Waals surface area contributed by atoms with Crippen LogP contribution in [0.1, 0.15) is 26.3 Å². The highest BCUT2D eigenvalue weighted by atomic mass is 35.5. The molecule has 4 rings (SSSR count). The number of benzene rings is 2. The summed E-state index contributed by atoms with van der Waals surface area (Å²) in [5.41, 5.74) is 1.08. The molecule has 0 atom stereocenters. The molecule has 2 heterocycles. The molecule has 0 spiro atoms. The van der Waals surface area contributed by atoms with Crippen molar-refractivity contribution in [3.63, 3.8) is 0 Å². The van der Waals surface area contributed by atoms with Gasteiger partial charge in [-0.05, 0) is 42.0 Å². The number of carbonyl (C=O) groups excluding carboxylic acids is 3. The van der Waals surface area contributed by atoms with Gasteiger partial charge in [-0.25, -0.2) is 9.98 Å². The fourth-order valence-electron chi connectivity index (χ4n) is 3.06. The first-order chi connectivity index (χ1) is 15.8. The van der Waals surface area contributed by atoms with E-state index in [1.54, 1.807) is 24.3 Å². The molecule has 0 aliphatic carbocycles. The van der Waals surface area contributed by atoms with Gasteiger partial charge in [-0.15, -0.1) is 0 Å². The molecule has 10 heteroatoms. The monoisotopic (exact) mass is 480 g/mol. The van der Waals surface area contributed by atoms with Crippen LogP contribution >= 0.6 is 23.2 Å². The molecule has 0 unspecified atom stereocenters. The van der Waals surface area contributed by atoms with Crippen molar-refractivity contribution in [1.29, 1.82) is 0 Å². The Hall–Kier alpha value is -4.01. The molecule has 1 aliphatic heterocycles. The second-order valence-corrected chi connectivity index (χ2v) is 7.73. The lowest BCUT2D eigenvalue weighted by Crippen LogP contribution is -2.19. The number of carbonyl (C=O) groups is 3. The normalized spacial score (nSPS) is 12.4. The van der Waals surface area contributed by atoms with E-state index in [1.807, 2.05) is 0 Å². The zero-order valence-electron chi connectivity index (χ0n) is 16.7. The summed E-state index contributed by atoms with van der Waals surface area (Å²) in [6.07, 6.45) is 4.36. The summed E-state index contributed by atoms with van der Waals surface area (Å²) in [4.78, 5) is 45.0. The molecule has 0 radical (unpaired) electrons. The van der Waals surface area contributed by atoms with Gasteiger partial charge in [0.1, 0.15) is 11.6 Å². The molecule has 0 fully saturated rings. The highest BCUT2D eigenvalue weighted by Gasteiger charge is 2.20. The van der Waals surface area contributed by atoms with Crippen LogP contribution < -0.4 is 10.6 Å². The van der Waals surface area contributed by atoms with Crippen molar-refractivity contribution >= 4 is 64.2 Å². The largest absolute Gasteiger partial charge is 0.506 e. The number of hydrogen-bond donors (Lipinski definition) is 3. The fourth-order valence-corrected chi connectivity index (χ4v) is 3.39. The van der Waals surface area contributed by atoms with Gasteiger partial charge in [0, 0.05) is 29.1 Å². The van der Waals surface area contributed by atoms with Crippen molar-refractivity contribution in [1.82, 2.24) is 4.98 Å². The highest BCUT2D eigenvalue weighted by molar-refractivity contribution is 6.32. The molecule has 0 saturated heterocycles. The third-order valence-corrected chi connectivity index (χ3v) is 5.10. The molecule has 3 amide bonds. The SMILES string of the molecule is O=C1N=CC=C1c1ccc(C(=O)Nc2c(O)cc(Cl)cc2C(=O)Nc2ccc(Cl)cn2)cc1. The highest BCUT2D eigenvalue weighted by Crippen LogP contribution is 2.32. The number of rotatable bonds is 5. The quantitative estimate of drug-likeness (QED) is 0.461. The molecule has 33 heavy (non-hydrogen) atoms. The number of anilines is 2. The third kappa shape index (κ3) is 4.92. The Balaban J connectivity index is 1.57. The average molecular weight is 481 g/mol. The van der Waals surface area contributed by atoms with Crippen molar-refractivity contribution in [3.05, 3.63) is 87.5 Å². The van der Waals surface area contributed by atoms with Crippen LogP contribution in [0.4, 0.5) is 11.5 Å². The van der Waals surface area contributed by atoms with Crippen LogP contribution in [0.2, 0.25) is 10.0 Å². The van der Waals surface area contributed by atoms with Gasteiger partial charge in [0.2, 0.25) is 0 Å². The van der Waals surface area contributed by atoms with Gasteiger partial charge in [-0.3, -0.25) is 14.4 Å². The zero-order valence-corrected chi connectivity index (χ0v) is 18.2. The number of halogens is 2. The lowest BCUT2D eigenvalue weighted by molar-refractivity contribution is -0.112. The summed E-state index contributed by atoms with van der Waals surface area (Å²) in [5.74, 6) is -1.76. The second-order valence-electron chi connectivity index (χ2n) is 6.86. The first kappa shape index (κ1) is 22.2. The standard InChI is InChI=1S/C23H14Cl2N4O4/c24-14-5-6-19(27-11-14)28-23(33)17-9-15(25)10-18(30)20(17)29-21(31)13-3-1-12(2-4-13)16-7-8-26-22(16)32/h1-11,30H,(H,29,31)(H,27,28,33). The first-order valence-corrected chi connectivity index (χ1v) is 10.2. The minimum atomic E-state index is -0.653. The van der Waals surface area contributed by atoms with E-state index in [1.165, 1.54) is 42.7 Å². The summed E-state index contributed by atoms with van der Waals surface area (Å²) in [7, 11) is 0. The maximum atomic E-state index is 12.8. The van der Waals surface area contributed by atoms with Gasteiger partial charge in [-0.1, -0.05) is 35.3 Å². The average Bonchev–Trinajstić information content (AvgIpc) is 3.22. The molecular formula is C23H14Cl2N4O4. The van der Waals surface area contributed by atoms with Crippen LogP contribution in [-0.4, -0.2) is 34.0 Å². The van der Waals surface area contributed by atoms with Crippen molar-refractivity contribution in [2.45, 2.75) is 0 Å². The van der Waals surface area contributed by atoms with Crippen LogP contribution in [0.25, 0.3) is 5.57 Å². The number of aliphatic imine (C=N–C) groups is 1. The number of pyridine rings is 1. The summed E-state index contributed by atoms with van der Waals surface area (Å²) in [5, 5.41) is 16.0. The van der Waals surface area contributed by atoms with E-state index in [9.17, 15) is 19.5 Å². The van der Waals surface area contributed by atoms with Gasteiger partial charge < -0.3 is 15.7 Å².